The SMILES string of the molecule is CC1=C(N2CCC3(CCN(C[C@H](O)c4ccc5c(c4)Cn4nnnc4-5)C[C@H]3F)C2=O)COC1=O. The van der Waals surface area contributed by atoms with Crippen LogP contribution in [-0.2, 0) is 20.9 Å². The summed E-state index contributed by atoms with van der Waals surface area (Å²) in [6, 6.07) is 5.70. The Morgan fingerprint density at radius 1 is 1.29 bits per heavy atom. The number of tetrazole rings is 1. The number of carbonyl (C=O) groups excluding carboxylic acids is 2. The Balaban J connectivity index is 1.12. The van der Waals surface area contributed by atoms with Crippen molar-refractivity contribution in [3.05, 3.63) is 40.6 Å². The van der Waals surface area contributed by atoms with Crippen LogP contribution in [0.15, 0.2) is 29.5 Å². The second-order valence-electron chi connectivity index (χ2n) is 9.58. The van der Waals surface area contributed by atoms with Gasteiger partial charge in [0.05, 0.1) is 29.3 Å². The van der Waals surface area contributed by atoms with Gasteiger partial charge in [0, 0.05) is 25.2 Å². The third kappa shape index (κ3) is 3.10. The number of cyclic esters (lactones) is 1. The van der Waals surface area contributed by atoms with Gasteiger partial charge in [0.2, 0.25) is 5.91 Å². The van der Waals surface area contributed by atoms with Crippen LogP contribution in [-0.4, -0.2) is 85.9 Å². The van der Waals surface area contributed by atoms with E-state index in [-0.39, 0.29) is 25.6 Å². The molecule has 1 N–H and O–H groups in total. The number of carbonyl (C=O) groups is 2. The first kappa shape index (κ1) is 21.4. The van der Waals surface area contributed by atoms with Crippen molar-refractivity contribution in [1.82, 2.24) is 30.0 Å². The van der Waals surface area contributed by atoms with Gasteiger partial charge in [-0.25, -0.2) is 13.9 Å². The number of rotatable bonds is 4. The van der Waals surface area contributed by atoms with Crippen molar-refractivity contribution in [2.24, 2.45) is 5.41 Å². The minimum absolute atomic E-state index is 0.0660. The van der Waals surface area contributed by atoms with Crippen LogP contribution in [0.2, 0.25) is 0 Å². The van der Waals surface area contributed by atoms with Crippen LogP contribution in [0.3, 0.4) is 0 Å². The zero-order valence-corrected chi connectivity index (χ0v) is 18.8. The Morgan fingerprint density at radius 2 is 2.12 bits per heavy atom. The second-order valence-corrected chi connectivity index (χ2v) is 9.58. The molecule has 4 aliphatic rings. The highest BCUT2D eigenvalue weighted by atomic mass is 19.1. The number of fused-ring (bicyclic) bond motifs is 3. The van der Waals surface area contributed by atoms with Gasteiger partial charge in [-0.1, -0.05) is 18.2 Å². The smallest absolute Gasteiger partial charge is 0.336 e. The van der Waals surface area contributed by atoms with Gasteiger partial charge in [-0.2, -0.15) is 0 Å². The molecule has 2 aromatic rings. The predicted molar refractivity (Wildman–Crippen MR) is 116 cm³/mol. The normalized spacial score (nSPS) is 27.5. The first-order valence-electron chi connectivity index (χ1n) is 11.5. The molecule has 1 aromatic heterocycles. The molecule has 4 aliphatic heterocycles. The van der Waals surface area contributed by atoms with Crippen LogP contribution in [0.1, 0.15) is 37.0 Å². The van der Waals surface area contributed by atoms with E-state index < -0.39 is 23.7 Å². The number of alkyl halides is 1. The number of piperidine rings is 1. The second kappa shape index (κ2) is 7.67. The molecule has 34 heavy (non-hydrogen) atoms. The van der Waals surface area contributed by atoms with E-state index in [9.17, 15) is 14.7 Å². The average molecular weight is 468 g/mol. The van der Waals surface area contributed by atoms with Gasteiger partial charge in [0.15, 0.2) is 5.82 Å². The van der Waals surface area contributed by atoms with E-state index in [2.05, 4.69) is 15.5 Å². The molecule has 0 saturated carbocycles. The van der Waals surface area contributed by atoms with Crippen molar-refractivity contribution < 1.29 is 23.8 Å². The van der Waals surface area contributed by atoms with Gasteiger partial charge in [0.25, 0.3) is 0 Å². The molecule has 6 rings (SSSR count). The maximum Gasteiger partial charge on any atom is 0.336 e. The number of likely N-dealkylation sites (tertiary alicyclic amines) is 2. The molecule has 178 valence electrons. The first-order chi connectivity index (χ1) is 16.4. The molecule has 2 saturated heterocycles. The molecule has 1 aromatic carbocycles. The molecular formula is C23H25FN6O4. The molecule has 10 nitrogen and oxygen atoms in total. The highest BCUT2D eigenvalue weighted by Crippen LogP contribution is 2.45. The summed E-state index contributed by atoms with van der Waals surface area (Å²) in [5.41, 5.74) is 2.63. The first-order valence-corrected chi connectivity index (χ1v) is 11.5. The van der Waals surface area contributed by atoms with E-state index in [0.717, 1.165) is 16.7 Å². The zero-order valence-electron chi connectivity index (χ0n) is 18.8. The maximum atomic E-state index is 15.5. The quantitative estimate of drug-likeness (QED) is 0.560. The Labute approximate surface area is 195 Å². The lowest BCUT2D eigenvalue weighted by Crippen LogP contribution is -2.53. The number of nitrogens with zero attached hydrogens (tertiary/aromatic N) is 6. The lowest BCUT2D eigenvalue weighted by atomic mass is 9.75. The van der Waals surface area contributed by atoms with E-state index in [1.165, 1.54) is 4.90 Å². The number of ether oxygens (including phenoxy) is 1. The van der Waals surface area contributed by atoms with Crippen molar-refractivity contribution in [3.63, 3.8) is 0 Å². The van der Waals surface area contributed by atoms with Crippen LogP contribution in [0.4, 0.5) is 4.39 Å². The molecule has 1 unspecified atom stereocenters. The number of β-amino-alcohol motifs (C(OH)–C–C–N with tert-alkyl or cyclic N) is 1. The van der Waals surface area contributed by atoms with E-state index >= 15 is 4.39 Å². The minimum Gasteiger partial charge on any atom is -0.456 e. The number of aromatic nitrogens is 4. The molecule has 1 spiro atoms. The molecule has 1 amide bonds. The summed E-state index contributed by atoms with van der Waals surface area (Å²) in [7, 11) is 0. The average Bonchev–Trinajstić information content (AvgIpc) is 3.56. The Bertz CT molecular complexity index is 1230. The van der Waals surface area contributed by atoms with Crippen molar-refractivity contribution in [2.45, 2.75) is 38.6 Å². The van der Waals surface area contributed by atoms with E-state index in [1.54, 1.807) is 11.6 Å². The maximum absolute atomic E-state index is 15.5. The summed E-state index contributed by atoms with van der Waals surface area (Å²) in [5, 5.41) is 22.5. The molecule has 0 aliphatic carbocycles. The van der Waals surface area contributed by atoms with Crippen LogP contribution in [0.25, 0.3) is 11.4 Å². The van der Waals surface area contributed by atoms with Crippen LogP contribution < -0.4 is 0 Å². The Morgan fingerprint density at radius 3 is 2.88 bits per heavy atom. The number of hydrogen-bond donors (Lipinski definition) is 1. The fourth-order valence-corrected chi connectivity index (χ4v) is 5.68. The molecule has 3 atom stereocenters. The number of aliphatic hydroxyl groups is 1. The summed E-state index contributed by atoms with van der Waals surface area (Å²) < 4.78 is 22.3. The molecule has 2 fully saturated rings. The number of amides is 1. The molecule has 0 radical (unpaired) electrons. The Kier molecular flexibility index (Phi) is 4.82. The standard InChI is InChI=1S/C23H25FN6O4/c1-13-17(12-34-21(13)32)29-7-5-23(22(29)33)4-6-28(11-19(23)24)10-18(31)14-2-3-16-15(8-14)9-30-20(16)25-26-27-30/h2-3,8,18-19,31H,4-7,9-12H2,1H3/t18-,19+,23?/m0/s1. The number of hydrogen-bond acceptors (Lipinski definition) is 8. The van der Waals surface area contributed by atoms with E-state index in [1.807, 2.05) is 23.1 Å². The van der Waals surface area contributed by atoms with Gasteiger partial charge < -0.3 is 14.7 Å². The number of esters is 1. The third-order valence-electron chi connectivity index (χ3n) is 7.79. The highest BCUT2D eigenvalue weighted by Gasteiger charge is 2.56. The van der Waals surface area contributed by atoms with Crippen molar-refractivity contribution in [2.75, 3.05) is 32.8 Å². The lowest BCUT2D eigenvalue weighted by Gasteiger charge is -2.41. The van der Waals surface area contributed by atoms with Crippen LogP contribution in [0, 0.1) is 5.41 Å². The van der Waals surface area contributed by atoms with Gasteiger partial charge in [-0.3, -0.25) is 9.69 Å². The predicted octanol–water partition coefficient (Wildman–Crippen LogP) is 0.828. The van der Waals surface area contributed by atoms with Gasteiger partial charge in [-0.05, 0) is 47.9 Å². The summed E-state index contributed by atoms with van der Waals surface area (Å²) >= 11 is 0. The van der Waals surface area contributed by atoms with Crippen molar-refractivity contribution in [3.8, 4) is 11.4 Å². The van der Waals surface area contributed by atoms with E-state index in [0.29, 0.717) is 49.6 Å². The van der Waals surface area contributed by atoms with Gasteiger partial charge in [-0.15, -0.1) is 5.10 Å². The highest BCUT2D eigenvalue weighted by molar-refractivity contribution is 5.94. The summed E-state index contributed by atoms with van der Waals surface area (Å²) in [6.07, 6.45) is -1.34. The van der Waals surface area contributed by atoms with Crippen molar-refractivity contribution in [1.29, 1.82) is 0 Å². The number of halogens is 1. The van der Waals surface area contributed by atoms with Crippen LogP contribution in [0.5, 0.6) is 0 Å². The molecule has 5 heterocycles. The van der Waals surface area contributed by atoms with Gasteiger partial charge >= 0.3 is 5.97 Å². The number of benzene rings is 1. The molecular weight excluding hydrogens is 443 g/mol. The van der Waals surface area contributed by atoms with Crippen molar-refractivity contribution >= 4 is 11.9 Å². The topological polar surface area (TPSA) is 114 Å². The zero-order chi connectivity index (χ0) is 23.6. The van der Waals surface area contributed by atoms with E-state index in [4.69, 9.17) is 4.74 Å². The summed E-state index contributed by atoms with van der Waals surface area (Å²) in [5.74, 6) is 0.0353. The monoisotopic (exact) mass is 468 g/mol. The third-order valence-corrected chi connectivity index (χ3v) is 7.79. The van der Waals surface area contributed by atoms with Gasteiger partial charge in [0.1, 0.15) is 12.8 Å². The Hall–Kier alpha value is -3.18. The fourth-order valence-electron chi connectivity index (χ4n) is 5.68. The molecule has 0 bridgehead atoms. The minimum atomic E-state index is -1.35. The summed E-state index contributed by atoms with van der Waals surface area (Å²) in [6.45, 7) is 3.53. The number of aliphatic hydroxyl groups excluding tert-OH is 1. The lowest BCUT2D eigenvalue weighted by molar-refractivity contribution is -0.142. The molecule has 11 heteroatoms. The summed E-state index contributed by atoms with van der Waals surface area (Å²) in [4.78, 5) is 28.4. The largest absolute Gasteiger partial charge is 0.456 e. The van der Waals surface area contributed by atoms with Crippen LogP contribution >= 0.6 is 0 Å². The fraction of sp³-hybridized carbons (Fsp3) is 0.522.